The van der Waals surface area contributed by atoms with Crippen LogP contribution in [-0.4, -0.2) is 0 Å². The average Bonchev–Trinajstić information content (AvgIpc) is 2.34. The smallest absolute Gasteiger partial charge is 0.195 e. The van der Waals surface area contributed by atoms with Crippen LogP contribution in [0.3, 0.4) is 0 Å². The van der Waals surface area contributed by atoms with Gasteiger partial charge in [0.1, 0.15) is 18.2 Å². The topological polar surface area (TPSA) is 71.4 Å². The fourth-order valence-corrected chi connectivity index (χ4v) is 1.45. The maximum Gasteiger partial charge on any atom is 0.228 e. The number of nitriles is 3. The molecule has 0 aliphatic rings. The van der Waals surface area contributed by atoms with Crippen molar-refractivity contribution in [3.8, 4) is 18.2 Å². The summed E-state index contributed by atoms with van der Waals surface area (Å²) in [6, 6.07) is 5.37. The van der Waals surface area contributed by atoms with Crippen molar-refractivity contribution in [2.24, 2.45) is 5.41 Å². The Balaban J connectivity index is 3.67. The van der Waals surface area contributed by atoms with Crippen molar-refractivity contribution < 1.29 is 0 Å². The van der Waals surface area contributed by atoms with Crippen molar-refractivity contribution in [1.29, 1.82) is 15.8 Å². The van der Waals surface area contributed by atoms with Gasteiger partial charge in [0.2, 0.25) is 5.41 Å². The first-order valence-corrected chi connectivity index (χ1v) is 5.59. The Morgan fingerprint density at radius 3 is 1.88 bits per heavy atom. The van der Waals surface area contributed by atoms with Crippen LogP contribution >= 0.6 is 0 Å². The van der Waals surface area contributed by atoms with Crippen molar-refractivity contribution >= 4 is 0 Å². The molecule has 0 aromatic rings. The van der Waals surface area contributed by atoms with E-state index >= 15 is 0 Å². The summed E-state index contributed by atoms with van der Waals surface area (Å²) in [4.78, 5) is 0. The van der Waals surface area contributed by atoms with Gasteiger partial charge in [-0.3, -0.25) is 0 Å². The number of allylic oxidation sites excluding steroid dienone is 1. The summed E-state index contributed by atoms with van der Waals surface area (Å²) >= 11 is 0. The van der Waals surface area contributed by atoms with E-state index in [1.54, 1.807) is 18.2 Å². The van der Waals surface area contributed by atoms with Crippen molar-refractivity contribution in [2.45, 2.75) is 44.9 Å². The molecule has 0 spiro atoms. The van der Waals surface area contributed by atoms with Crippen LogP contribution in [0.2, 0.25) is 0 Å². The number of unbranched alkanes of at least 4 members (excludes halogenated alkanes) is 5. The minimum absolute atomic E-state index is 0.359. The van der Waals surface area contributed by atoms with Crippen molar-refractivity contribution in [3.05, 3.63) is 12.7 Å². The highest BCUT2D eigenvalue weighted by Crippen LogP contribution is 2.22. The molecule has 0 rings (SSSR count). The largest absolute Gasteiger partial charge is 0.228 e. The predicted octanol–water partition coefficient (Wildman–Crippen LogP) is 3.46. The summed E-state index contributed by atoms with van der Waals surface area (Å²) in [6.07, 6.45) is 8.43. The van der Waals surface area contributed by atoms with Crippen LogP contribution in [-0.2, 0) is 0 Å². The Labute approximate surface area is 97.6 Å². The fourth-order valence-electron chi connectivity index (χ4n) is 1.45. The molecule has 0 aliphatic heterocycles. The summed E-state index contributed by atoms with van der Waals surface area (Å²) in [5.74, 6) is 0. The molecular weight excluding hydrogens is 198 g/mol. The highest BCUT2D eigenvalue weighted by atomic mass is 14.4. The first-order chi connectivity index (χ1) is 7.74. The molecule has 3 heteroatoms. The molecule has 0 amide bonds. The molecule has 0 saturated heterocycles. The molecular formula is C13H17N3. The first kappa shape index (κ1) is 14.2. The number of hydrogen-bond donors (Lipinski definition) is 0. The van der Waals surface area contributed by atoms with Crippen LogP contribution in [0, 0.1) is 39.4 Å². The van der Waals surface area contributed by atoms with E-state index in [2.05, 4.69) is 6.58 Å². The summed E-state index contributed by atoms with van der Waals surface area (Å²) in [6.45, 7) is 3.65. The quantitative estimate of drug-likeness (QED) is 0.459. The van der Waals surface area contributed by atoms with Crippen LogP contribution in [0.5, 0.6) is 0 Å². The van der Waals surface area contributed by atoms with Crippen molar-refractivity contribution in [1.82, 2.24) is 0 Å². The summed E-state index contributed by atoms with van der Waals surface area (Å²) in [5, 5.41) is 26.2. The average molecular weight is 215 g/mol. The minimum atomic E-state index is -1.43. The second-order valence-corrected chi connectivity index (χ2v) is 3.84. The molecule has 0 saturated carbocycles. The Bertz CT molecular complexity index is 289. The normalized spacial score (nSPS) is 9.81. The third-order valence-electron chi connectivity index (χ3n) is 2.53. The van der Waals surface area contributed by atoms with E-state index < -0.39 is 5.41 Å². The molecule has 3 nitrogen and oxygen atoms in total. The van der Waals surface area contributed by atoms with Gasteiger partial charge in [-0.2, -0.15) is 15.8 Å². The summed E-state index contributed by atoms with van der Waals surface area (Å²) < 4.78 is 0. The molecule has 0 bridgehead atoms. The van der Waals surface area contributed by atoms with E-state index in [0.29, 0.717) is 6.42 Å². The van der Waals surface area contributed by atoms with Crippen LogP contribution in [0.4, 0.5) is 0 Å². The van der Waals surface area contributed by atoms with Crippen molar-refractivity contribution in [3.63, 3.8) is 0 Å². The molecule has 0 N–H and O–H groups in total. The lowest BCUT2D eigenvalue weighted by atomic mass is 9.87. The summed E-state index contributed by atoms with van der Waals surface area (Å²) in [7, 11) is 0. The van der Waals surface area contributed by atoms with Gasteiger partial charge >= 0.3 is 0 Å². The van der Waals surface area contributed by atoms with Gasteiger partial charge in [0.15, 0.2) is 0 Å². The molecule has 0 heterocycles. The zero-order valence-electron chi connectivity index (χ0n) is 9.58. The van der Waals surface area contributed by atoms with Gasteiger partial charge in [0.25, 0.3) is 0 Å². The molecule has 0 aliphatic carbocycles. The third-order valence-corrected chi connectivity index (χ3v) is 2.53. The van der Waals surface area contributed by atoms with Gasteiger partial charge in [0.05, 0.1) is 0 Å². The predicted molar refractivity (Wildman–Crippen MR) is 61.8 cm³/mol. The molecule has 0 aromatic carbocycles. The molecule has 0 unspecified atom stereocenters. The second kappa shape index (κ2) is 8.51. The van der Waals surface area contributed by atoms with E-state index in [1.165, 1.54) is 0 Å². The van der Waals surface area contributed by atoms with Crippen LogP contribution in [0.25, 0.3) is 0 Å². The van der Waals surface area contributed by atoms with Crippen LogP contribution in [0.1, 0.15) is 44.9 Å². The van der Waals surface area contributed by atoms with Crippen LogP contribution < -0.4 is 0 Å². The Morgan fingerprint density at radius 2 is 1.38 bits per heavy atom. The van der Waals surface area contributed by atoms with Gasteiger partial charge in [-0.1, -0.05) is 25.3 Å². The number of rotatable bonds is 8. The Hall–Kier alpha value is -1.79. The first-order valence-electron chi connectivity index (χ1n) is 5.59. The van der Waals surface area contributed by atoms with E-state index in [9.17, 15) is 0 Å². The third kappa shape index (κ3) is 5.18. The molecule has 16 heavy (non-hydrogen) atoms. The molecule has 0 atom stereocenters. The highest BCUT2D eigenvalue weighted by molar-refractivity contribution is 5.25. The number of hydrogen-bond acceptors (Lipinski definition) is 3. The Morgan fingerprint density at radius 1 is 0.875 bits per heavy atom. The van der Waals surface area contributed by atoms with Crippen molar-refractivity contribution in [2.75, 3.05) is 0 Å². The molecule has 0 radical (unpaired) electrons. The fraction of sp³-hybridized carbons (Fsp3) is 0.615. The zero-order chi connectivity index (χ0) is 12.3. The number of nitrogens with zero attached hydrogens (tertiary/aromatic N) is 3. The monoisotopic (exact) mass is 215 g/mol. The highest BCUT2D eigenvalue weighted by Gasteiger charge is 2.28. The molecule has 0 fully saturated rings. The van der Waals surface area contributed by atoms with E-state index in [4.69, 9.17) is 15.8 Å². The second-order valence-electron chi connectivity index (χ2n) is 3.84. The van der Waals surface area contributed by atoms with Gasteiger partial charge < -0.3 is 0 Å². The van der Waals surface area contributed by atoms with E-state index in [-0.39, 0.29) is 0 Å². The maximum absolute atomic E-state index is 8.74. The zero-order valence-corrected chi connectivity index (χ0v) is 9.58. The van der Waals surface area contributed by atoms with E-state index in [0.717, 1.165) is 38.5 Å². The lowest BCUT2D eigenvalue weighted by Crippen LogP contribution is -2.12. The lowest BCUT2D eigenvalue weighted by Gasteiger charge is -2.08. The van der Waals surface area contributed by atoms with E-state index in [1.807, 2.05) is 6.08 Å². The van der Waals surface area contributed by atoms with Gasteiger partial charge in [-0.25, -0.2) is 0 Å². The standard InChI is InChI=1S/C13H17N3/c1-2-3-4-5-6-7-8-9-13(10-14,11-15)12-16/h2H,1,3-9H2. The van der Waals surface area contributed by atoms with Gasteiger partial charge in [-0.15, -0.1) is 6.58 Å². The van der Waals surface area contributed by atoms with Gasteiger partial charge in [0, 0.05) is 0 Å². The molecule has 0 aromatic heterocycles. The summed E-state index contributed by atoms with van der Waals surface area (Å²) in [5.41, 5.74) is -1.43. The SMILES string of the molecule is C=CCCCCCCCC(C#N)(C#N)C#N. The minimum Gasteiger partial charge on any atom is -0.195 e. The van der Waals surface area contributed by atoms with Crippen LogP contribution in [0.15, 0.2) is 12.7 Å². The van der Waals surface area contributed by atoms with Gasteiger partial charge in [-0.05, 0) is 25.7 Å². The maximum atomic E-state index is 8.74. The lowest BCUT2D eigenvalue weighted by molar-refractivity contribution is 0.524. The Kier molecular flexibility index (Phi) is 7.56. The molecule has 84 valence electrons.